The van der Waals surface area contributed by atoms with Gasteiger partial charge in [-0.15, -0.1) is 0 Å². The van der Waals surface area contributed by atoms with Crippen LogP contribution in [-0.2, 0) is 7.05 Å². The van der Waals surface area contributed by atoms with Crippen molar-refractivity contribution in [3.05, 3.63) is 46.5 Å². The zero-order chi connectivity index (χ0) is 17.6. The third kappa shape index (κ3) is 2.42. The van der Waals surface area contributed by atoms with Gasteiger partial charge in [-0.1, -0.05) is 0 Å². The van der Waals surface area contributed by atoms with Gasteiger partial charge in [0.25, 0.3) is 11.5 Å². The van der Waals surface area contributed by atoms with Crippen molar-refractivity contribution < 1.29 is 14.3 Å². The third-order valence-electron chi connectivity index (χ3n) is 3.93. The van der Waals surface area contributed by atoms with Crippen molar-refractivity contribution in [3.8, 4) is 11.5 Å². The highest BCUT2D eigenvalue weighted by atomic mass is 16.7. The highest BCUT2D eigenvalue weighted by Gasteiger charge is 2.20. The molecule has 0 bridgehead atoms. The fourth-order valence-electron chi connectivity index (χ4n) is 2.61. The number of nitrogens with one attached hydrogen (secondary N) is 1. The molecule has 0 unspecified atom stereocenters. The highest BCUT2D eigenvalue weighted by molar-refractivity contribution is 6.04. The third-order valence-corrected chi connectivity index (χ3v) is 3.93. The van der Waals surface area contributed by atoms with Crippen molar-refractivity contribution in [1.29, 1.82) is 0 Å². The normalized spacial score (nSPS) is 12.4. The first-order chi connectivity index (χ1) is 12.0. The van der Waals surface area contributed by atoms with Gasteiger partial charge in [-0.05, 0) is 18.2 Å². The van der Waals surface area contributed by atoms with Crippen molar-refractivity contribution in [2.24, 2.45) is 7.05 Å². The number of amides is 1. The molecule has 1 amide bonds. The summed E-state index contributed by atoms with van der Waals surface area (Å²) in [4.78, 5) is 32.5. The first-order valence-corrected chi connectivity index (χ1v) is 7.36. The van der Waals surface area contributed by atoms with Gasteiger partial charge in [0.2, 0.25) is 12.7 Å². The lowest BCUT2D eigenvalue weighted by Crippen LogP contribution is -2.23. The zero-order valence-corrected chi connectivity index (χ0v) is 13.1. The lowest BCUT2D eigenvalue weighted by Gasteiger charge is -2.12. The Morgan fingerprint density at radius 3 is 2.76 bits per heavy atom. The van der Waals surface area contributed by atoms with Gasteiger partial charge >= 0.3 is 0 Å². The Morgan fingerprint density at radius 2 is 2.00 bits per heavy atom. The maximum atomic E-state index is 12.6. The molecule has 0 radical (unpaired) electrons. The largest absolute Gasteiger partial charge is 0.454 e. The standard InChI is InChI=1S/C16H13N5O4/c1-21-12(20-14(22)8-5-18-16(17)19-6-8)4-10-9(15(21)23)2-3-11-13(10)25-7-24-11/h2-6H,7H2,1H3,(H,20,22)(H2,17,18,19). The number of aromatic nitrogens is 3. The summed E-state index contributed by atoms with van der Waals surface area (Å²) in [5.74, 6) is 0.969. The molecule has 0 saturated heterocycles. The molecule has 0 fully saturated rings. The monoisotopic (exact) mass is 339 g/mol. The van der Waals surface area contributed by atoms with Crippen LogP contribution in [0.5, 0.6) is 11.5 Å². The van der Waals surface area contributed by atoms with Crippen LogP contribution in [0, 0.1) is 0 Å². The van der Waals surface area contributed by atoms with E-state index in [0.717, 1.165) is 0 Å². The van der Waals surface area contributed by atoms with Crippen LogP contribution in [0.15, 0.2) is 35.4 Å². The van der Waals surface area contributed by atoms with E-state index in [0.29, 0.717) is 28.1 Å². The molecule has 4 rings (SSSR count). The molecule has 0 atom stereocenters. The van der Waals surface area contributed by atoms with Crippen LogP contribution in [0.2, 0.25) is 0 Å². The lowest BCUT2D eigenvalue weighted by atomic mass is 10.1. The maximum absolute atomic E-state index is 12.6. The summed E-state index contributed by atoms with van der Waals surface area (Å²) in [5.41, 5.74) is 5.37. The van der Waals surface area contributed by atoms with E-state index in [-0.39, 0.29) is 23.9 Å². The molecule has 9 heteroatoms. The molecule has 3 aromatic rings. The Kier molecular flexibility index (Phi) is 3.27. The van der Waals surface area contributed by atoms with Crippen LogP contribution < -0.4 is 26.1 Å². The number of rotatable bonds is 2. The SMILES string of the molecule is Cn1c(NC(=O)c2cnc(N)nc2)cc2c3c(ccc2c1=O)OCO3. The highest BCUT2D eigenvalue weighted by Crippen LogP contribution is 2.38. The van der Waals surface area contributed by atoms with E-state index < -0.39 is 5.91 Å². The molecule has 3 heterocycles. The summed E-state index contributed by atoms with van der Waals surface area (Å²) in [7, 11) is 1.57. The van der Waals surface area contributed by atoms with Crippen molar-refractivity contribution in [3.63, 3.8) is 0 Å². The Morgan fingerprint density at radius 1 is 1.24 bits per heavy atom. The zero-order valence-electron chi connectivity index (χ0n) is 13.1. The molecule has 25 heavy (non-hydrogen) atoms. The van der Waals surface area contributed by atoms with Crippen molar-refractivity contribution in [2.75, 3.05) is 17.8 Å². The van der Waals surface area contributed by atoms with Crippen molar-refractivity contribution in [2.45, 2.75) is 0 Å². The number of nitrogens with two attached hydrogens (primary N) is 1. The van der Waals surface area contributed by atoms with Crippen LogP contribution in [0.25, 0.3) is 10.8 Å². The molecule has 1 aliphatic rings. The van der Waals surface area contributed by atoms with Crippen LogP contribution in [0.3, 0.4) is 0 Å². The first-order valence-electron chi connectivity index (χ1n) is 7.36. The number of hydrogen-bond donors (Lipinski definition) is 2. The minimum Gasteiger partial charge on any atom is -0.454 e. The number of ether oxygens (including phenoxy) is 2. The molecule has 1 aromatic carbocycles. The first kappa shape index (κ1) is 14.9. The van der Waals surface area contributed by atoms with Gasteiger partial charge in [0.05, 0.1) is 10.9 Å². The molecule has 0 saturated carbocycles. The van der Waals surface area contributed by atoms with Crippen molar-refractivity contribution >= 4 is 28.4 Å². The summed E-state index contributed by atoms with van der Waals surface area (Å²) in [6, 6.07) is 5.03. The number of fused-ring (bicyclic) bond motifs is 3. The van der Waals surface area contributed by atoms with Gasteiger partial charge in [-0.2, -0.15) is 0 Å². The maximum Gasteiger partial charge on any atom is 0.259 e. The predicted molar refractivity (Wildman–Crippen MR) is 89.7 cm³/mol. The van der Waals surface area contributed by atoms with E-state index >= 15 is 0 Å². The summed E-state index contributed by atoms with van der Waals surface area (Å²) in [6.45, 7) is 0.0914. The lowest BCUT2D eigenvalue weighted by molar-refractivity contribution is 0.102. The predicted octanol–water partition coefficient (Wildman–Crippen LogP) is 0.892. The van der Waals surface area contributed by atoms with Crippen LogP contribution >= 0.6 is 0 Å². The molecular weight excluding hydrogens is 326 g/mol. The number of benzene rings is 1. The Labute approximate surface area is 141 Å². The van der Waals surface area contributed by atoms with Gasteiger partial charge < -0.3 is 20.5 Å². The van der Waals surface area contributed by atoms with E-state index in [4.69, 9.17) is 15.2 Å². The fraction of sp³-hybridized carbons (Fsp3) is 0.125. The second kappa shape index (κ2) is 5.48. The number of anilines is 2. The Balaban J connectivity index is 1.79. The van der Waals surface area contributed by atoms with Crippen molar-refractivity contribution in [1.82, 2.24) is 14.5 Å². The minimum absolute atomic E-state index is 0.0716. The van der Waals surface area contributed by atoms with E-state index in [1.54, 1.807) is 25.2 Å². The average molecular weight is 339 g/mol. The van der Waals surface area contributed by atoms with Crippen LogP contribution in [0.4, 0.5) is 11.8 Å². The molecule has 3 N–H and O–H groups in total. The van der Waals surface area contributed by atoms with E-state index in [1.807, 2.05) is 0 Å². The van der Waals surface area contributed by atoms with Gasteiger partial charge in [0.15, 0.2) is 11.5 Å². The van der Waals surface area contributed by atoms with Gasteiger partial charge in [-0.25, -0.2) is 9.97 Å². The molecule has 9 nitrogen and oxygen atoms in total. The van der Waals surface area contributed by atoms with E-state index in [9.17, 15) is 9.59 Å². The molecule has 2 aromatic heterocycles. The minimum atomic E-state index is -0.459. The summed E-state index contributed by atoms with van der Waals surface area (Å²) in [5, 5.41) is 3.72. The number of pyridine rings is 1. The van der Waals surface area contributed by atoms with Gasteiger partial charge in [0.1, 0.15) is 5.82 Å². The summed E-state index contributed by atoms with van der Waals surface area (Å²) < 4.78 is 12.1. The molecule has 0 aliphatic carbocycles. The summed E-state index contributed by atoms with van der Waals surface area (Å²) >= 11 is 0. The molecule has 1 aliphatic heterocycles. The Bertz CT molecular complexity index is 1060. The number of nitrogens with zero attached hydrogens (tertiary/aromatic N) is 3. The fourth-order valence-corrected chi connectivity index (χ4v) is 2.61. The van der Waals surface area contributed by atoms with Crippen LogP contribution in [-0.4, -0.2) is 27.2 Å². The van der Waals surface area contributed by atoms with Gasteiger partial charge in [0, 0.05) is 24.8 Å². The second-order valence-corrected chi connectivity index (χ2v) is 5.44. The smallest absolute Gasteiger partial charge is 0.259 e. The quantitative estimate of drug-likeness (QED) is 0.711. The number of nitrogen functional groups attached to an aromatic ring is 1. The second-order valence-electron chi connectivity index (χ2n) is 5.44. The van der Waals surface area contributed by atoms with E-state index in [1.165, 1.54) is 17.0 Å². The Hall–Kier alpha value is -3.62. The van der Waals surface area contributed by atoms with Crippen LogP contribution in [0.1, 0.15) is 10.4 Å². The molecular formula is C16H13N5O4. The molecule has 0 spiro atoms. The average Bonchev–Trinajstić information content (AvgIpc) is 3.09. The number of carbonyl (C=O) groups excluding carboxylic acids is 1. The molecule has 126 valence electrons. The number of carbonyl (C=O) groups is 1. The van der Waals surface area contributed by atoms with Gasteiger partial charge in [-0.3, -0.25) is 14.2 Å². The number of hydrogen-bond acceptors (Lipinski definition) is 7. The topological polar surface area (TPSA) is 121 Å². The summed E-state index contributed by atoms with van der Waals surface area (Å²) in [6.07, 6.45) is 2.62. The van der Waals surface area contributed by atoms with E-state index in [2.05, 4.69) is 15.3 Å².